The molecule has 2 aromatic carbocycles. The maximum atomic E-state index is 12.9. The van der Waals surface area contributed by atoms with Crippen molar-refractivity contribution in [1.29, 1.82) is 0 Å². The number of halogens is 1. The number of likely N-dealkylation sites (tertiary alicyclic amines) is 1. The number of nitrogens with one attached hydrogen (secondary N) is 3. The molecule has 1 saturated heterocycles. The number of hydrogen-bond donors (Lipinski definition) is 3. The predicted octanol–water partition coefficient (Wildman–Crippen LogP) is 5.17. The van der Waals surface area contributed by atoms with Crippen LogP contribution in [0.5, 0.6) is 11.5 Å². The van der Waals surface area contributed by atoms with Gasteiger partial charge in [-0.3, -0.25) is 0 Å². The molecule has 1 aliphatic rings. The minimum atomic E-state index is -3.76. The summed E-state index contributed by atoms with van der Waals surface area (Å²) >= 11 is 6.39. The third kappa shape index (κ3) is 7.72. The highest BCUT2D eigenvalue weighted by Gasteiger charge is 2.22. The van der Waals surface area contributed by atoms with E-state index >= 15 is 0 Å². The van der Waals surface area contributed by atoms with Crippen LogP contribution in [0.25, 0.3) is 0 Å². The highest BCUT2D eigenvalue weighted by molar-refractivity contribution is 7.89. The van der Waals surface area contributed by atoms with Gasteiger partial charge in [0.05, 0.1) is 23.7 Å². The molecule has 210 valence electrons. The lowest BCUT2D eigenvalue weighted by Gasteiger charge is -2.19. The Balaban J connectivity index is 1.58. The first-order valence-electron chi connectivity index (χ1n) is 12.8. The molecule has 2 heterocycles. The van der Waals surface area contributed by atoms with Crippen LogP contribution in [0.3, 0.4) is 0 Å². The Bertz CT molecular complexity index is 1400. The maximum Gasteiger partial charge on any atom is 0.242 e. The van der Waals surface area contributed by atoms with Crippen molar-refractivity contribution >= 4 is 44.8 Å². The molecular weight excluding hydrogens is 540 g/mol. The van der Waals surface area contributed by atoms with Crippen molar-refractivity contribution in [2.24, 2.45) is 0 Å². The average Bonchev–Trinajstić information content (AvgIpc) is 3.26. The van der Waals surface area contributed by atoms with Crippen LogP contribution in [0.1, 0.15) is 34.1 Å². The molecule has 39 heavy (non-hydrogen) atoms. The Labute approximate surface area is 235 Å². The highest BCUT2D eigenvalue weighted by Crippen LogP contribution is 2.34. The molecule has 1 aliphatic heterocycles. The smallest absolute Gasteiger partial charge is 0.242 e. The SMILES string of the molecule is CC(C)NS(=O)(=O)c1ccccc1Nc1nc(Nc2ccc(O[C@@H]3CCN(C)C3)cc2OC(C)C)ncc1Cl. The van der Waals surface area contributed by atoms with E-state index in [4.69, 9.17) is 21.1 Å². The Morgan fingerprint density at radius 1 is 1.08 bits per heavy atom. The second-order valence-corrected chi connectivity index (χ2v) is 12.1. The van der Waals surface area contributed by atoms with Gasteiger partial charge in [-0.05, 0) is 65.4 Å². The van der Waals surface area contributed by atoms with Crippen LogP contribution in [0.15, 0.2) is 53.6 Å². The Kier molecular flexibility index (Phi) is 9.16. The van der Waals surface area contributed by atoms with Gasteiger partial charge in [0.2, 0.25) is 16.0 Å². The summed E-state index contributed by atoms with van der Waals surface area (Å²) in [5.41, 5.74) is 0.983. The van der Waals surface area contributed by atoms with Crippen molar-refractivity contribution in [3.8, 4) is 11.5 Å². The van der Waals surface area contributed by atoms with Crippen LogP contribution in [-0.4, -0.2) is 61.7 Å². The Morgan fingerprint density at radius 3 is 2.54 bits per heavy atom. The van der Waals surface area contributed by atoms with Crippen molar-refractivity contribution in [2.45, 2.75) is 57.3 Å². The van der Waals surface area contributed by atoms with E-state index in [1.807, 2.05) is 32.0 Å². The summed E-state index contributed by atoms with van der Waals surface area (Å²) in [6.45, 7) is 9.31. The monoisotopic (exact) mass is 574 g/mol. The predicted molar refractivity (Wildman–Crippen MR) is 154 cm³/mol. The van der Waals surface area contributed by atoms with Gasteiger partial charge in [0.15, 0.2) is 5.82 Å². The molecule has 0 saturated carbocycles. The van der Waals surface area contributed by atoms with Crippen LogP contribution >= 0.6 is 11.6 Å². The van der Waals surface area contributed by atoms with E-state index in [9.17, 15) is 8.42 Å². The molecule has 1 aromatic heterocycles. The number of nitrogens with zero attached hydrogens (tertiary/aromatic N) is 3. The molecule has 0 bridgehead atoms. The van der Waals surface area contributed by atoms with Crippen molar-refractivity contribution in [2.75, 3.05) is 30.8 Å². The summed E-state index contributed by atoms with van der Waals surface area (Å²) < 4.78 is 40.6. The summed E-state index contributed by atoms with van der Waals surface area (Å²) in [4.78, 5) is 11.1. The number of aromatic nitrogens is 2. The number of hydrogen-bond acceptors (Lipinski definition) is 9. The maximum absolute atomic E-state index is 12.9. The van der Waals surface area contributed by atoms with E-state index in [0.717, 1.165) is 25.3 Å². The molecule has 3 aromatic rings. The van der Waals surface area contributed by atoms with Crippen LogP contribution in [0, 0.1) is 0 Å². The van der Waals surface area contributed by atoms with E-state index in [1.54, 1.807) is 32.0 Å². The van der Waals surface area contributed by atoms with Crippen LogP contribution in [-0.2, 0) is 10.0 Å². The van der Waals surface area contributed by atoms with E-state index in [2.05, 4.69) is 37.3 Å². The van der Waals surface area contributed by atoms with E-state index in [0.29, 0.717) is 17.1 Å². The first kappa shape index (κ1) is 28.9. The number of rotatable bonds is 11. The molecule has 0 spiro atoms. The first-order chi connectivity index (χ1) is 18.5. The second-order valence-electron chi connectivity index (χ2n) is 10.0. The largest absolute Gasteiger partial charge is 0.489 e. The summed E-state index contributed by atoms with van der Waals surface area (Å²) in [6.07, 6.45) is 2.49. The normalized spacial score (nSPS) is 16.1. The van der Waals surface area contributed by atoms with Gasteiger partial charge in [0.25, 0.3) is 0 Å². The lowest BCUT2D eigenvalue weighted by Crippen LogP contribution is -2.30. The van der Waals surface area contributed by atoms with Crippen molar-refractivity contribution < 1.29 is 17.9 Å². The summed E-state index contributed by atoms with van der Waals surface area (Å²) in [5.74, 6) is 1.82. The number of para-hydroxylation sites is 1. The molecule has 0 aliphatic carbocycles. The molecule has 1 fully saturated rings. The molecule has 3 N–H and O–H groups in total. The van der Waals surface area contributed by atoms with E-state index in [1.165, 1.54) is 12.3 Å². The number of benzene rings is 2. The van der Waals surface area contributed by atoms with Gasteiger partial charge in [-0.1, -0.05) is 23.7 Å². The minimum absolute atomic E-state index is 0.0697. The zero-order chi connectivity index (χ0) is 28.2. The van der Waals surface area contributed by atoms with E-state index < -0.39 is 10.0 Å². The molecule has 1 atom stereocenters. The Hall–Kier alpha value is -3.12. The van der Waals surface area contributed by atoms with Gasteiger partial charge in [0, 0.05) is 25.2 Å². The summed E-state index contributed by atoms with van der Waals surface area (Å²) in [5, 5.41) is 6.47. The molecule has 4 rings (SSSR count). The summed E-state index contributed by atoms with van der Waals surface area (Å²) in [7, 11) is -1.68. The number of anilines is 4. The van der Waals surface area contributed by atoms with Gasteiger partial charge in [-0.25, -0.2) is 18.1 Å². The minimum Gasteiger partial charge on any atom is -0.489 e. The number of ether oxygens (including phenoxy) is 2. The average molecular weight is 575 g/mol. The number of sulfonamides is 1. The molecule has 0 radical (unpaired) electrons. The Morgan fingerprint density at radius 2 is 1.85 bits per heavy atom. The third-order valence-electron chi connectivity index (χ3n) is 5.78. The second kappa shape index (κ2) is 12.4. The van der Waals surface area contributed by atoms with Crippen LogP contribution in [0.4, 0.5) is 23.1 Å². The fourth-order valence-electron chi connectivity index (χ4n) is 4.15. The molecule has 0 unspecified atom stereocenters. The summed E-state index contributed by atoms with van der Waals surface area (Å²) in [6, 6.07) is 11.9. The van der Waals surface area contributed by atoms with E-state index in [-0.39, 0.29) is 39.9 Å². The molecular formula is C27H35ClN6O4S. The van der Waals surface area contributed by atoms with Gasteiger partial charge in [-0.15, -0.1) is 0 Å². The quantitative estimate of drug-likeness (QED) is 0.285. The van der Waals surface area contributed by atoms with Gasteiger partial charge >= 0.3 is 0 Å². The fourth-order valence-corrected chi connectivity index (χ4v) is 5.71. The lowest BCUT2D eigenvalue weighted by molar-refractivity contribution is 0.204. The topological polar surface area (TPSA) is 118 Å². The fraction of sp³-hybridized carbons (Fsp3) is 0.407. The van der Waals surface area contributed by atoms with Crippen molar-refractivity contribution in [3.63, 3.8) is 0 Å². The zero-order valence-corrected chi connectivity index (χ0v) is 24.3. The zero-order valence-electron chi connectivity index (χ0n) is 22.7. The van der Waals surface area contributed by atoms with Crippen LogP contribution < -0.4 is 24.8 Å². The standard InChI is InChI=1S/C27H35ClN6O4S/c1-17(2)33-39(35,36)25-9-7-6-8-23(25)30-26-21(28)15-29-27(32-26)31-22-11-10-19(14-24(22)37-18(3)4)38-20-12-13-34(5)16-20/h6-11,14-15,17-18,20,33H,12-13,16H2,1-5H3,(H2,29,30,31,32)/t20-/m1/s1. The van der Waals surface area contributed by atoms with Crippen LogP contribution in [0.2, 0.25) is 5.02 Å². The van der Waals surface area contributed by atoms with Crippen molar-refractivity contribution in [3.05, 3.63) is 53.7 Å². The van der Waals surface area contributed by atoms with Gasteiger partial charge < -0.3 is 25.0 Å². The molecule has 0 amide bonds. The molecule has 12 heteroatoms. The molecule has 10 nitrogen and oxygen atoms in total. The van der Waals surface area contributed by atoms with Gasteiger partial charge in [0.1, 0.15) is 27.5 Å². The highest BCUT2D eigenvalue weighted by atomic mass is 35.5. The lowest BCUT2D eigenvalue weighted by atomic mass is 10.2. The van der Waals surface area contributed by atoms with Gasteiger partial charge in [-0.2, -0.15) is 4.98 Å². The van der Waals surface area contributed by atoms with Crippen molar-refractivity contribution in [1.82, 2.24) is 19.6 Å². The number of likely N-dealkylation sites (N-methyl/N-ethyl adjacent to an activating group) is 1. The first-order valence-corrected chi connectivity index (χ1v) is 14.7. The third-order valence-corrected chi connectivity index (χ3v) is 7.77.